The SMILES string of the molecule is CC1Cc2ccccc2N1C(=O)CSc1nnc(-c2sc3ccccc3c2Cl)o1. The van der Waals surface area contributed by atoms with E-state index in [1.165, 1.54) is 28.7 Å². The first-order valence-electron chi connectivity index (χ1n) is 9.15. The normalized spacial score (nSPS) is 15.8. The van der Waals surface area contributed by atoms with Crippen molar-refractivity contribution in [1.29, 1.82) is 0 Å². The lowest BCUT2D eigenvalue weighted by Gasteiger charge is -2.22. The van der Waals surface area contributed by atoms with Gasteiger partial charge >= 0.3 is 0 Å². The van der Waals surface area contributed by atoms with Crippen molar-refractivity contribution in [2.45, 2.75) is 24.6 Å². The molecule has 4 aromatic rings. The van der Waals surface area contributed by atoms with E-state index in [-0.39, 0.29) is 17.7 Å². The molecule has 5 rings (SSSR count). The predicted molar refractivity (Wildman–Crippen MR) is 118 cm³/mol. The maximum atomic E-state index is 12.8. The Morgan fingerprint density at radius 2 is 2.03 bits per heavy atom. The van der Waals surface area contributed by atoms with Crippen LogP contribution in [0.15, 0.2) is 58.2 Å². The quantitative estimate of drug-likeness (QED) is 0.381. The van der Waals surface area contributed by atoms with Crippen molar-refractivity contribution in [1.82, 2.24) is 10.2 Å². The summed E-state index contributed by atoms with van der Waals surface area (Å²) in [7, 11) is 0. The Hall–Kier alpha value is -2.35. The maximum Gasteiger partial charge on any atom is 0.277 e. The number of fused-ring (bicyclic) bond motifs is 2. The van der Waals surface area contributed by atoms with Crippen molar-refractivity contribution in [3.63, 3.8) is 0 Å². The van der Waals surface area contributed by atoms with Crippen LogP contribution in [-0.4, -0.2) is 27.9 Å². The van der Waals surface area contributed by atoms with Gasteiger partial charge in [-0.1, -0.05) is 59.8 Å². The highest BCUT2D eigenvalue weighted by atomic mass is 35.5. The number of nitrogens with zero attached hydrogens (tertiary/aromatic N) is 3. The summed E-state index contributed by atoms with van der Waals surface area (Å²) in [6.07, 6.45) is 0.877. The third kappa shape index (κ3) is 3.33. The molecule has 1 atom stereocenters. The molecule has 0 N–H and O–H groups in total. The minimum absolute atomic E-state index is 0.0343. The van der Waals surface area contributed by atoms with Gasteiger partial charge in [-0.15, -0.1) is 21.5 Å². The molecule has 0 fully saturated rings. The van der Waals surface area contributed by atoms with E-state index in [4.69, 9.17) is 16.0 Å². The molecule has 0 saturated carbocycles. The van der Waals surface area contributed by atoms with Crippen molar-refractivity contribution in [3.05, 3.63) is 59.1 Å². The van der Waals surface area contributed by atoms with Crippen molar-refractivity contribution in [2.75, 3.05) is 10.7 Å². The molecule has 5 nitrogen and oxygen atoms in total. The van der Waals surface area contributed by atoms with E-state index in [1.54, 1.807) is 0 Å². The molecule has 0 radical (unpaired) electrons. The number of aromatic nitrogens is 2. The van der Waals surface area contributed by atoms with Gasteiger partial charge in [0.05, 0.1) is 10.8 Å². The van der Waals surface area contributed by atoms with Crippen LogP contribution < -0.4 is 4.90 Å². The highest BCUT2D eigenvalue weighted by molar-refractivity contribution is 7.99. The van der Waals surface area contributed by atoms with Crippen LogP contribution in [0.3, 0.4) is 0 Å². The minimum Gasteiger partial charge on any atom is -0.410 e. The highest BCUT2D eigenvalue weighted by Crippen LogP contribution is 2.42. The molecule has 0 bridgehead atoms. The fourth-order valence-electron chi connectivity index (χ4n) is 3.65. The van der Waals surface area contributed by atoms with Gasteiger partial charge in [0.15, 0.2) is 0 Å². The summed E-state index contributed by atoms with van der Waals surface area (Å²) in [5, 5.41) is 10.2. The third-order valence-corrected chi connectivity index (χ3v) is 7.40. The first-order chi connectivity index (χ1) is 14.1. The predicted octanol–water partition coefficient (Wildman–Crippen LogP) is 5.67. The van der Waals surface area contributed by atoms with E-state index in [2.05, 4.69) is 23.2 Å². The van der Waals surface area contributed by atoms with E-state index < -0.39 is 0 Å². The number of hydrogen-bond acceptors (Lipinski definition) is 6. The average Bonchev–Trinajstić information content (AvgIpc) is 3.41. The van der Waals surface area contributed by atoms with Crippen molar-refractivity contribution >= 4 is 56.4 Å². The summed E-state index contributed by atoms with van der Waals surface area (Å²) in [6, 6.07) is 16.1. The first kappa shape index (κ1) is 18.7. The molecule has 1 unspecified atom stereocenters. The van der Waals surface area contributed by atoms with Gasteiger partial charge < -0.3 is 9.32 Å². The van der Waals surface area contributed by atoms with E-state index in [0.29, 0.717) is 16.1 Å². The second-order valence-corrected chi connectivity index (χ2v) is 9.21. The van der Waals surface area contributed by atoms with Crippen molar-refractivity contribution in [3.8, 4) is 10.8 Å². The van der Waals surface area contributed by atoms with Gasteiger partial charge in [0.2, 0.25) is 5.91 Å². The van der Waals surface area contributed by atoms with E-state index >= 15 is 0 Å². The number of thiophene rings is 1. The molecule has 3 heterocycles. The van der Waals surface area contributed by atoms with Crippen LogP contribution in [0.1, 0.15) is 12.5 Å². The average molecular weight is 442 g/mol. The monoisotopic (exact) mass is 441 g/mol. The summed E-state index contributed by atoms with van der Waals surface area (Å²) >= 11 is 9.26. The Balaban J connectivity index is 1.32. The maximum absolute atomic E-state index is 12.8. The van der Waals surface area contributed by atoms with Crippen LogP contribution in [0, 0.1) is 0 Å². The van der Waals surface area contributed by atoms with Gasteiger partial charge in [-0.2, -0.15) is 0 Å². The molecule has 29 heavy (non-hydrogen) atoms. The van der Waals surface area contributed by atoms with Gasteiger partial charge in [-0.3, -0.25) is 4.79 Å². The molecule has 0 saturated heterocycles. The molecule has 0 spiro atoms. The molecular weight excluding hydrogens is 426 g/mol. The minimum atomic E-state index is 0.0343. The van der Waals surface area contributed by atoms with Crippen LogP contribution in [-0.2, 0) is 11.2 Å². The Morgan fingerprint density at radius 1 is 1.24 bits per heavy atom. The number of carbonyl (C=O) groups is 1. The summed E-state index contributed by atoms with van der Waals surface area (Å²) in [6.45, 7) is 2.07. The van der Waals surface area contributed by atoms with Crippen molar-refractivity contribution in [2.24, 2.45) is 0 Å². The van der Waals surface area contributed by atoms with Crippen LogP contribution in [0.5, 0.6) is 0 Å². The van der Waals surface area contributed by atoms with Crippen LogP contribution in [0.2, 0.25) is 5.02 Å². The molecule has 2 aromatic carbocycles. The Bertz CT molecular complexity index is 1220. The zero-order chi connectivity index (χ0) is 20.0. The molecule has 0 aliphatic carbocycles. The Labute approximate surface area is 180 Å². The molecule has 8 heteroatoms. The zero-order valence-corrected chi connectivity index (χ0v) is 17.9. The third-order valence-electron chi connectivity index (χ3n) is 4.93. The van der Waals surface area contributed by atoms with Gasteiger partial charge in [0.1, 0.15) is 4.88 Å². The van der Waals surface area contributed by atoms with Crippen LogP contribution >= 0.6 is 34.7 Å². The number of thioether (sulfide) groups is 1. The number of para-hydroxylation sites is 1. The number of benzene rings is 2. The summed E-state index contributed by atoms with van der Waals surface area (Å²) in [5.41, 5.74) is 2.20. The summed E-state index contributed by atoms with van der Waals surface area (Å²) in [4.78, 5) is 15.5. The molecule has 1 aliphatic heterocycles. The Morgan fingerprint density at radius 3 is 2.90 bits per heavy atom. The smallest absolute Gasteiger partial charge is 0.277 e. The fourth-order valence-corrected chi connectivity index (χ4v) is 5.71. The molecule has 146 valence electrons. The summed E-state index contributed by atoms with van der Waals surface area (Å²) < 4.78 is 6.85. The van der Waals surface area contributed by atoms with E-state index in [9.17, 15) is 4.79 Å². The van der Waals surface area contributed by atoms with Gasteiger partial charge in [0, 0.05) is 21.8 Å². The Kier molecular flexibility index (Phi) is 4.81. The molecule has 1 amide bonds. The zero-order valence-electron chi connectivity index (χ0n) is 15.5. The topological polar surface area (TPSA) is 59.2 Å². The van der Waals surface area contributed by atoms with Gasteiger partial charge in [-0.25, -0.2) is 0 Å². The second-order valence-electron chi connectivity index (χ2n) is 6.85. The molecule has 1 aliphatic rings. The molecule has 2 aromatic heterocycles. The lowest BCUT2D eigenvalue weighted by atomic mass is 10.1. The van der Waals surface area contributed by atoms with Crippen molar-refractivity contribution < 1.29 is 9.21 Å². The number of carbonyl (C=O) groups excluding carboxylic acids is 1. The number of anilines is 1. The first-order valence-corrected chi connectivity index (χ1v) is 11.3. The number of rotatable bonds is 4. The standard InChI is InChI=1S/C21H16ClN3O2S2/c1-12-10-13-6-2-4-8-15(13)25(12)17(26)11-28-21-24-23-20(27-21)19-18(22)14-7-3-5-9-16(14)29-19/h2-9,12H,10-11H2,1H3. The second kappa shape index (κ2) is 7.48. The fraction of sp³-hybridized carbons (Fsp3) is 0.190. The lowest BCUT2D eigenvalue weighted by Crippen LogP contribution is -2.36. The number of amides is 1. The lowest BCUT2D eigenvalue weighted by molar-refractivity contribution is -0.116. The highest BCUT2D eigenvalue weighted by Gasteiger charge is 2.30. The number of hydrogen-bond donors (Lipinski definition) is 0. The van der Waals surface area contributed by atoms with Gasteiger partial charge in [-0.05, 0) is 31.0 Å². The van der Waals surface area contributed by atoms with E-state index in [0.717, 1.165) is 27.1 Å². The van der Waals surface area contributed by atoms with E-state index in [1.807, 2.05) is 47.4 Å². The number of halogens is 1. The molecular formula is C21H16ClN3O2S2. The van der Waals surface area contributed by atoms with Crippen LogP contribution in [0.25, 0.3) is 20.9 Å². The van der Waals surface area contributed by atoms with Gasteiger partial charge in [0.25, 0.3) is 11.1 Å². The largest absolute Gasteiger partial charge is 0.410 e. The van der Waals surface area contributed by atoms with Crippen LogP contribution in [0.4, 0.5) is 5.69 Å². The summed E-state index contributed by atoms with van der Waals surface area (Å²) in [5.74, 6) is 0.651.